The second-order valence-corrected chi connectivity index (χ2v) is 8.25. The van der Waals surface area contributed by atoms with E-state index in [1.165, 1.54) is 29.1 Å². The van der Waals surface area contributed by atoms with Gasteiger partial charge in [-0.3, -0.25) is 9.59 Å². The van der Waals surface area contributed by atoms with Crippen LogP contribution in [0.25, 0.3) is 12.2 Å². The van der Waals surface area contributed by atoms with Crippen LogP contribution in [0.5, 0.6) is 17.2 Å². The Kier molecular flexibility index (Phi) is 7.37. The van der Waals surface area contributed by atoms with Crippen molar-refractivity contribution in [2.45, 2.75) is 20.0 Å². The number of carbonyl (C=O) groups is 1. The number of aromatic nitrogens is 1. The molecule has 0 bridgehead atoms. The highest BCUT2D eigenvalue weighted by Crippen LogP contribution is 2.32. The number of hydrogen-bond acceptors (Lipinski definition) is 6. The first kappa shape index (κ1) is 23.1. The molecule has 0 aliphatic heterocycles. The molecule has 0 unspecified atom stereocenters. The summed E-state index contributed by atoms with van der Waals surface area (Å²) in [6.45, 7) is 3.85. The standard InChI is InChI=1S/C24H26N2O5S/c1-15(2)31-23-16(9-8-12-19(23)30-5)13-20-24(28)26(3)22(32-20)14-21(27)25-17-10-6-7-11-18(17)29-4/h6-15H,1-5H3,(H,25,27). The maximum atomic E-state index is 12.8. The largest absolute Gasteiger partial charge is 0.495 e. The van der Waals surface area contributed by atoms with E-state index in [1.54, 1.807) is 38.4 Å². The molecule has 168 valence electrons. The second-order valence-electron chi connectivity index (χ2n) is 7.19. The Morgan fingerprint density at radius 3 is 2.44 bits per heavy atom. The summed E-state index contributed by atoms with van der Waals surface area (Å²) >= 11 is 1.22. The summed E-state index contributed by atoms with van der Waals surface area (Å²) in [6.07, 6.45) is 3.09. The Morgan fingerprint density at radius 1 is 1.06 bits per heavy atom. The lowest BCUT2D eigenvalue weighted by Crippen LogP contribution is -2.29. The minimum absolute atomic E-state index is 0.0628. The zero-order valence-electron chi connectivity index (χ0n) is 18.7. The first-order chi connectivity index (χ1) is 15.3. The SMILES string of the molecule is COc1ccccc1NC(=O)C=c1sc(=Cc2cccc(OC)c2OC(C)C)c(=O)n1C. The number of nitrogens with one attached hydrogen (secondary N) is 1. The van der Waals surface area contributed by atoms with Gasteiger partial charge < -0.3 is 24.1 Å². The highest BCUT2D eigenvalue weighted by Gasteiger charge is 2.12. The number of ether oxygens (including phenoxy) is 3. The monoisotopic (exact) mass is 454 g/mol. The van der Waals surface area contributed by atoms with Gasteiger partial charge in [-0.1, -0.05) is 24.3 Å². The molecular weight excluding hydrogens is 428 g/mol. The summed E-state index contributed by atoms with van der Waals surface area (Å²) in [6, 6.07) is 12.6. The molecule has 3 aromatic rings. The van der Waals surface area contributed by atoms with E-state index in [4.69, 9.17) is 14.2 Å². The molecule has 3 rings (SSSR count). The normalized spacial score (nSPS) is 12.2. The van der Waals surface area contributed by atoms with Crippen molar-refractivity contribution in [3.63, 3.8) is 0 Å². The van der Waals surface area contributed by atoms with Crippen LogP contribution in [0.15, 0.2) is 47.3 Å². The molecule has 0 aliphatic carbocycles. The third-order valence-corrected chi connectivity index (χ3v) is 5.66. The number of amides is 1. The molecule has 1 N–H and O–H groups in total. The van der Waals surface area contributed by atoms with Crippen LogP contribution in [0, 0.1) is 0 Å². The van der Waals surface area contributed by atoms with Crippen molar-refractivity contribution in [1.82, 2.24) is 4.57 Å². The van der Waals surface area contributed by atoms with E-state index in [1.807, 2.05) is 38.1 Å². The van der Waals surface area contributed by atoms with Gasteiger partial charge in [0.1, 0.15) is 10.4 Å². The van der Waals surface area contributed by atoms with E-state index < -0.39 is 0 Å². The smallest absolute Gasteiger partial charge is 0.268 e. The molecule has 0 atom stereocenters. The molecule has 32 heavy (non-hydrogen) atoms. The Balaban J connectivity index is 2.02. The van der Waals surface area contributed by atoms with Gasteiger partial charge in [0.25, 0.3) is 11.5 Å². The number of rotatable bonds is 7. The molecule has 1 aromatic heterocycles. The number of nitrogens with zero attached hydrogens (tertiary/aromatic N) is 1. The first-order valence-corrected chi connectivity index (χ1v) is 10.8. The molecular formula is C24H26N2O5S. The summed E-state index contributed by atoms with van der Waals surface area (Å²) in [5.74, 6) is 1.35. The molecule has 0 saturated carbocycles. The fourth-order valence-electron chi connectivity index (χ4n) is 3.05. The molecule has 1 heterocycles. The number of hydrogen-bond donors (Lipinski definition) is 1. The van der Waals surface area contributed by atoms with E-state index in [0.29, 0.717) is 32.1 Å². The average molecular weight is 455 g/mol. The van der Waals surface area contributed by atoms with E-state index in [2.05, 4.69) is 5.32 Å². The van der Waals surface area contributed by atoms with Crippen molar-refractivity contribution in [1.29, 1.82) is 0 Å². The van der Waals surface area contributed by atoms with Crippen LogP contribution >= 0.6 is 11.3 Å². The van der Waals surface area contributed by atoms with Crippen LogP contribution in [-0.2, 0) is 11.8 Å². The third kappa shape index (κ3) is 5.20. The maximum absolute atomic E-state index is 12.8. The zero-order valence-corrected chi connectivity index (χ0v) is 19.5. The van der Waals surface area contributed by atoms with Crippen molar-refractivity contribution in [3.8, 4) is 17.2 Å². The van der Waals surface area contributed by atoms with Gasteiger partial charge in [-0.05, 0) is 38.1 Å². The second kappa shape index (κ2) is 10.2. The predicted molar refractivity (Wildman–Crippen MR) is 127 cm³/mol. The van der Waals surface area contributed by atoms with Crippen LogP contribution < -0.4 is 34.3 Å². The quantitative estimate of drug-likeness (QED) is 0.594. The lowest BCUT2D eigenvalue weighted by Gasteiger charge is -2.15. The summed E-state index contributed by atoms with van der Waals surface area (Å²) in [5.41, 5.74) is 1.07. The molecule has 0 radical (unpaired) electrons. The molecule has 8 heteroatoms. The molecule has 0 saturated heterocycles. The molecule has 7 nitrogen and oxygen atoms in total. The average Bonchev–Trinajstić information content (AvgIpc) is 3.02. The van der Waals surface area contributed by atoms with E-state index in [-0.39, 0.29) is 17.6 Å². The lowest BCUT2D eigenvalue weighted by atomic mass is 10.1. The van der Waals surface area contributed by atoms with Gasteiger partial charge >= 0.3 is 0 Å². The Bertz CT molecular complexity index is 1290. The van der Waals surface area contributed by atoms with E-state index in [9.17, 15) is 9.59 Å². The molecule has 1 amide bonds. The van der Waals surface area contributed by atoms with E-state index >= 15 is 0 Å². The van der Waals surface area contributed by atoms with Crippen molar-refractivity contribution in [3.05, 3.63) is 67.6 Å². The van der Waals surface area contributed by atoms with Gasteiger partial charge in [-0.25, -0.2) is 0 Å². The molecule has 0 spiro atoms. The van der Waals surface area contributed by atoms with E-state index in [0.717, 1.165) is 5.56 Å². The van der Waals surface area contributed by atoms with Gasteiger partial charge in [-0.2, -0.15) is 0 Å². The summed E-state index contributed by atoms with van der Waals surface area (Å²) in [5, 5.41) is 2.79. The molecule has 0 fully saturated rings. The van der Waals surface area contributed by atoms with Crippen LogP contribution in [0.3, 0.4) is 0 Å². The number of para-hydroxylation sites is 3. The van der Waals surface area contributed by atoms with Crippen LogP contribution in [0.4, 0.5) is 5.69 Å². The number of thiazole rings is 1. The summed E-state index contributed by atoms with van der Waals surface area (Å²) < 4.78 is 19.0. The van der Waals surface area contributed by atoms with Gasteiger partial charge in [0.05, 0.1) is 30.5 Å². The fourth-order valence-corrected chi connectivity index (χ4v) is 4.07. The molecule has 2 aromatic carbocycles. The van der Waals surface area contributed by atoms with Gasteiger partial charge in [0, 0.05) is 18.7 Å². The summed E-state index contributed by atoms with van der Waals surface area (Å²) in [7, 11) is 4.75. The van der Waals surface area contributed by atoms with Gasteiger partial charge in [0.2, 0.25) is 0 Å². The minimum atomic E-state index is -0.358. The maximum Gasteiger partial charge on any atom is 0.268 e. The number of benzene rings is 2. The topological polar surface area (TPSA) is 78.8 Å². The van der Waals surface area contributed by atoms with Crippen molar-refractivity contribution in [2.24, 2.45) is 7.05 Å². The lowest BCUT2D eigenvalue weighted by molar-refractivity contribution is -0.110. The molecule has 0 aliphatic rings. The zero-order chi connectivity index (χ0) is 23.3. The third-order valence-electron chi connectivity index (χ3n) is 4.55. The van der Waals surface area contributed by atoms with Crippen molar-refractivity contribution < 1.29 is 19.0 Å². The summed E-state index contributed by atoms with van der Waals surface area (Å²) in [4.78, 5) is 25.4. The van der Waals surface area contributed by atoms with Crippen LogP contribution in [-0.4, -0.2) is 30.8 Å². The van der Waals surface area contributed by atoms with Crippen molar-refractivity contribution >= 4 is 35.1 Å². The Morgan fingerprint density at radius 2 is 1.75 bits per heavy atom. The Hall–Kier alpha value is -3.52. The van der Waals surface area contributed by atoms with Crippen molar-refractivity contribution in [2.75, 3.05) is 19.5 Å². The Labute approximate surface area is 190 Å². The predicted octanol–water partition coefficient (Wildman–Crippen LogP) is 2.50. The fraction of sp³-hybridized carbons (Fsp3) is 0.250. The number of methoxy groups -OCH3 is 2. The van der Waals surface area contributed by atoms with Gasteiger partial charge in [0.15, 0.2) is 11.5 Å². The number of anilines is 1. The highest BCUT2D eigenvalue weighted by atomic mass is 32.1. The van der Waals surface area contributed by atoms with Gasteiger partial charge in [-0.15, -0.1) is 11.3 Å². The van der Waals surface area contributed by atoms with Crippen LogP contribution in [0.2, 0.25) is 0 Å². The van der Waals surface area contributed by atoms with Crippen LogP contribution in [0.1, 0.15) is 19.4 Å². The highest BCUT2D eigenvalue weighted by molar-refractivity contribution is 7.07. The minimum Gasteiger partial charge on any atom is -0.495 e. The number of carbonyl (C=O) groups excluding carboxylic acids is 1. The first-order valence-electron chi connectivity index (χ1n) is 10.0.